The van der Waals surface area contributed by atoms with Gasteiger partial charge in [0, 0.05) is 43.4 Å². The Morgan fingerprint density at radius 2 is 0.903 bits per heavy atom. The number of carbonyl (C=O) groups is 2. The molecule has 152 valence electrons. The molecule has 31 heavy (non-hydrogen) atoms. The highest BCUT2D eigenvalue weighted by atomic mass is 32.2. The molecule has 0 amide bonds. The number of anilines is 2. The quantitative estimate of drug-likeness (QED) is 0.317. The van der Waals surface area contributed by atoms with Gasteiger partial charge in [-0.15, -0.1) is 0 Å². The van der Waals surface area contributed by atoms with Crippen molar-refractivity contribution in [1.29, 1.82) is 0 Å². The molecule has 5 heteroatoms. The molecule has 0 aliphatic rings. The van der Waals surface area contributed by atoms with Crippen LogP contribution in [0.2, 0.25) is 0 Å². The highest BCUT2D eigenvalue weighted by molar-refractivity contribution is 7.99. The van der Waals surface area contributed by atoms with Crippen molar-refractivity contribution in [2.24, 2.45) is 0 Å². The lowest BCUT2D eigenvalue weighted by atomic mass is 10.0. The van der Waals surface area contributed by atoms with Crippen molar-refractivity contribution in [2.45, 2.75) is 9.79 Å². The Balaban J connectivity index is 1.45. The van der Waals surface area contributed by atoms with E-state index in [0.29, 0.717) is 33.6 Å². The van der Waals surface area contributed by atoms with Crippen LogP contribution in [0.3, 0.4) is 0 Å². The zero-order chi connectivity index (χ0) is 21.8. The number of hydrogen-bond acceptors (Lipinski definition) is 5. The third-order valence-electron chi connectivity index (χ3n) is 4.77. The number of rotatable bonds is 6. The Hall–Kier alpha value is -3.83. The topological polar surface area (TPSA) is 86.2 Å². The summed E-state index contributed by atoms with van der Waals surface area (Å²) >= 11 is 1.56. The van der Waals surface area contributed by atoms with E-state index in [1.165, 1.54) is 0 Å². The summed E-state index contributed by atoms with van der Waals surface area (Å²) in [6, 6.07) is 28.8. The van der Waals surface area contributed by atoms with E-state index in [9.17, 15) is 9.59 Å². The highest BCUT2D eigenvalue weighted by Crippen LogP contribution is 2.29. The zero-order valence-electron chi connectivity index (χ0n) is 16.6. The van der Waals surface area contributed by atoms with E-state index >= 15 is 0 Å². The predicted octanol–water partition coefficient (Wildman–Crippen LogP) is 5.46. The van der Waals surface area contributed by atoms with Crippen molar-refractivity contribution in [3.63, 3.8) is 0 Å². The average Bonchev–Trinajstić information content (AvgIpc) is 2.79. The Morgan fingerprint density at radius 1 is 0.516 bits per heavy atom. The third-order valence-corrected chi connectivity index (χ3v) is 5.78. The van der Waals surface area contributed by atoms with Crippen LogP contribution in [0.1, 0.15) is 31.8 Å². The fraction of sp³-hybridized carbons (Fsp3) is 0. The largest absolute Gasteiger partial charge is 0.399 e. The SMILES string of the molecule is Nc1cccc(C(=O)c2ccc(Sc3ccc(C(=O)c4cccc(N)c4)cc3)cc2)c1. The minimum absolute atomic E-state index is 0.0618. The molecule has 0 aromatic heterocycles. The van der Waals surface area contributed by atoms with Crippen molar-refractivity contribution >= 4 is 34.7 Å². The van der Waals surface area contributed by atoms with Crippen molar-refractivity contribution in [3.05, 3.63) is 119 Å². The third kappa shape index (κ3) is 4.85. The van der Waals surface area contributed by atoms with E-state index in [1.54, 1.807) is 60.3 Å². The van der Waals surface area contributed by atoms with Crippen molar-refractivity contribution < 1.29 is 9.59 Å². The smallest absolute Gasteiger partial charge is 0.193 e. The minimum atomic E-state index is -0.0618. The van der Waals surface area contributed by atoms with E-state index < -0.39 is 0 Å². The summed E-state index contributed by atoms with van der Waals surface area (Å²) in [5.41, 5.74) is 15.0. The Bertz CT molecular complexity index is 1150. The van der Waals surface area contributed by atoms with Crippen LogP contribution >= 0.6 is 11.8 Å². The number of nitrogen functional groups attached to an aromatic ring is 2. The molecule has 0 saturated heterocycles. The highest BCUT2D eigenvalue weighted by Gasteiger charge is 2.11. The summed E-state index contributed by atoms with van der Waals surface area (Å²) in [5.74, 6) is -0.124. The first-order valence-electron chi connectivity index (χ1n) is 9.68. The van der Waals surface area contributed by atoms with E-state index in [0.717, 1.165) is 9.79 Å². The molecule has 0 bridgehead atoms. The van der Waals surface area contributed by atoms with E-state index in [2.05, 4.69) is 0 Å². The van der Waals surface area contributed by atoms with Gasteiger partial charge in [-0.05, 0) is 72.8 Å². The van der Waals surface area contributed by atoms with Gasteiger partial charge in [0.05, 0.1) is 0 Å². The second-order valence-corrected chi connectivity index (χ2v) is 8.21. The van der Waals surface area contributed by atoms with Crippen LogP contribution in [0.25, 0.3) is 0 Å². The van der Waals surface area contributed by atoms with Crippen LogP contribution < -0.4 is 11.5 Å². The monoisotopic (exact) mass is 424 g/mol. The van der Waals surface area contributed by atoms with E-state index in [4.69, 9.17) is 11.5 Å². The minimum Gasteiger partial charge on any atom is -0.399 e. The molecule has 0 aliphatic heterocycles. The van der Waals surface area contributed by atoms with Crippen molar-refractivity contribution in [3.8, 4) is 0 Å². The molecule has 0 atom stereocenters. The molecule has 4 rings (SSSR count). The first-order valence-corrected chi connectivity index (χ1v) is 10.5. The average molecular weight is 425 g/mol. The van der Waals surface area contributed by atoms with Crippen molar-refractivity contribution in [2.75, 3.05) is 11.5 Å². The number of carbonyl (C=O) groups excluding carboxylic acids is 2. The number of nitrogens with two attached hydrogens (primary N) is 2. The van der Waals surface area contributed by atoms with Crippen LogP contribution in [0, 0.1) is 0 Å². The maximum atomic E-state index is 12.6. The predicted molar refractivity (Wildman–Crippen MR) is 126 cm³/mol. The Kier molecular flexibility index (Phi) is 5.87. The van der Waals surface area contributed by atoms with E-state index in [1.807, 2.05) is 48.5 Å². The van der Waals surface area contributed by atoms with Gasteiger partial charge in [0.25, 0.3) is 0 Å². The van der Waals surface area contributed by atoms with Gasteiger partial charge in [-0.2, -0.15) is 0 Å². The molecule has 4 aromatic rings. The molecule has 0 radical (unpaired) electrons. The fourth-order valence-corrected chi connectivity index (χ4v) is 3.99. The second kappa shape index (κ2) is 8.90. The molecule has 4 aromatic carbocycles. The Morgan fingerprint density at radius 3 is 1.26 bits per heavy atom. The van der Waals surface area contributed by atoms with Gasteiger partial charge in [-0.25, -0.2) is 0 Å². The van der Waals surface area contributed by atoms with E-state index in [-0.39, 0.29) is 11.6 Å². The lowest BCUT2D eigenvalue weighted by Crippen LogP contribution is -2.02. The van der Waals surface area contributed by atoms with Gasteiger partial charge < -0.3 is 11.5 Å². The summed E-state index contributed by atoms with van der Waals surface area (Å²) in [5, 5.41) is 0. The van der Waals surface area contributed by atoms with Crippen LogP contribution in [0.5, 0.6) is 0 Å². The molecule has 0 unspecified atom stereocenters. The van der Waals surface area contributed by atoms with Gasteiger partial charge in [0.2, 0.25) is 0 Å². The number of hydrogen-bond donors (Lipinski definition) is 2. The molecule has 4 N–H and O–H groups in total. The normalized spacial score (nSPS) is 10.6. The maximum absolute atomic E-state index is 12.6. The van der Waals surface area contributed by atoms with Gasteiger partial charge in [0.1, 0.15) is 0 Å². The van der Waals surface area contributed by atoms with Crippen LogP contribution in [-0.2, 0) is 0 Å². The first-order chi connectivity index (χ1) is 15.0. The molecule has 0 aliphatic carbocycles. The van der Waals surface area contributed by atoms with Crippen LogP contribution in [-0.4, -0.2) is 11.6 Å². The van der Waals surface area contributed by atoms with Gasteiger partial charge in [0.15, 0.2) is 11.6 Å². The van der Waals surface area contributed by atoms with Crippen molar-refractivity contribution in [1.82, 2.24) is 0 Å². The molecular weight excluding hydrogens is 404 g/mol. The summed E-state index contributed by atoms with van der Waals surface area (Å²) < 4.78 is 0. The summed E-state index contributed by atoms with van der Waals surface area (Å²) in [7, 11) is 0. The lowest BCUT2D eigenvalue weighted by molar-refractivity contribution is 0.103. The standard InChI is InChI=1S/C26H20N2O2S/c27-21-5-1-3-19(15-21)25(29)17-7-11-23(12-8-17)31-24-13-9-18(10-14-24)26(30)20-4-2-6-22(28)16-20/h1-16H,27-28H2. The summed E-state index contributed by atoms with van der Waals surface area (Å²) in [6.07, 6.45) is 0. The molecule has 0 fully saturated rings. The second-order valence-electron chi connectivity index (χ2n) is 7.06. The molecule has 0 heterocycles. The maximum Gasteiger partial charge on any atom is 0.193 e. The Labute approximate surface area is 184 Å². The van der Waals surface area contributed by atoms with Gasteiger partial charge >= 0.3 is 0 Å². The lowest BCUT2D eigenvalue weighted by Gasteiger charge is -2.06. The fourth-order valence-electron chi connectivity index (χ4n) is 3.18. The van der Waals surface area contributed by atoms with Crippen LogP contribution in [0.4, 0.5) is 11.4 Å². The van der Waals surface area contributed by atoms with Gasteiger partial charge in [-0.3, -0.25) is 9.59 Å². The molecule has 0 spiro atoms. The molecule has 0 saturated carbocycles. The molecular formula is C26H20N2O2S. The van der Waals surface area contributed by atoms with Gasteiger partial charge in [-0.1, -0.05) is 36.0 Å². The summed E-state index contributed by atoms with van der Waals surface area (Å²) in [4.78, 5) is 27.2. The number of benzene rings is 4. The molecule has 4 nitrogen and oxygen atoms in total. The number of ketones is 2. The van der Waals surface area contributed by atoms with Crippen LogP contribution in [0.15, 0.2) is 107 Å². The zero-order valence-corrected chi connectivity index (χ0v) is 17.4. The first kappa shape index (κ1) is 20.4. The summed E-state index contributed by atoms with van der Waals surface area (Å²) in [6.45, 7) is 0.